The van der Waals surface area contributed by atoms with E-state index in [1.165, 1.54) is 17.4 Å². The molecule has 0 aliphatic heterocycles. The highest BCUT2D eigenvalue weighted by atomic mass is 32.1. The van der Waals surface area contributed by atoms with Gasteiger partial charge < -0.3 is 5.11 Å². The average molecular weight is 209 g/mol. The maximum atomic E-state index is 10.7. The third-order valence-electron chi connectivity index (χ3n) is 1.96. The zero-order valence-electron chi connectivity index (χ0n) is 7.35. The van der Waals surface area contributed by atoms with Gasteiger partial charge in [-0.25, -0.2) is 0 Å². The van der Waals surface area contributed by atoms with Gasteiger partial charge in [0.1, 0.15) is 0 Å². The molecular weight excluding hydrogens is 202 g/mol. The van der Waals surface area contributed by atoms with Gasteiger partial charge in [0.2, 0.25) is 0 Å². The quantitative estimate of drug-likeness (QED) is 0.580. The number of nitrogens with zero attached hydrogens (tertiary/aromatic N) is 1. The molecule has 0 aliphatic rings. The van der Waals surface area contributed by atoms with Gasteiger partial charge in [-0.05, 0) is 25.1 Å². The zero-order valence-corrected chi connectivity index (χ0v) is 8.17. The van der Waals surface area contributed by atoms with Crippen LogP contribution in [-0.4, -0.2) is 10.0 Å². The lowest BCUT2D eigenvalue weighted by Crippen LogP contribution is -1.88. The Morgan fingerprint density at radius 3 is 2.86 bits per heavy atom. The Morgan fingerprint density at radius 2 is 2.21 bits per heavy atom. The normalized spacial score (nSPS) is 10.6. The predicted molar refractivity (Wildman–Crippen MR) is 54.9 cm³/mol. The summed E-state index contributed by atoms with van der Waals surface area (Å²) in [5, 5.41) is 20.6. The molecule has 0 bridgehead atoms. The Balaban J connectivity index is 2.88. The molecule has 2 aromatic rings. The first-order valence-electron chi connectivity index (χ1n) is 3.96. The van der Waals surface area contributed by atoms with Crippen molar-refractivity contribution in [3.63, 3.8) is 0 Å². The van der Waals surface area contributed by atoms with Crippen LogP contribution < -0.4 is 0 Å². The summed E-state index contributed by atoms with van der Waals surface area (Å²) >= 11 is 1.48. The fraction of sp³-hybridized carbons (Fsp3) is 0.111. The lowest BCUT2D eigenvalue weighted by Gasteiger charge is -1.96. The van der Waals surface area contributed by atoms with Crippen molar-refractivity contribution < 1.29 is 10.0 Å². The number of aryl methyl sites for hydroxylation is 1. The van der Waals surface area contributed by atoms with Crippen LogP contribution in [0.1, 0.15) is 4.88 Å². The maximum absolute atomic E-state index is 10.7. The lowest BCUT2D eigenvalue weighted by molar-refractivity contribution is -0.384. The van der Waals surface area contributed by atoms with Crippen molar-refractivity contribution in [3.8, 4) is 5.75 Å². The number of nitro benzene ring substituents is 1. The summed E-state index contributed by atoms with van der Waals surface area (Å²) in [7, 11) is 0. The van der Waals surface area contributed by atoms with Crippen molar-refractivity contribution in [2.75, 3.05) is 0 Å². The monoisotopic (exact) mass is 209 g/mol. The number of rotatable bonds is 1. The molecule has 5 heteroatoms. The second kappa shape index (κ2) is 2.95. The molecule has 2 rings (SSSR count). The number of hydrogen-bond donors (Lipinski definition) is 1. The Morgan fingerprint density at radius 1 is 1.50 bits per heavy atom. The largest absolute Gasteiger partial charge is 0.502 e. The van der Waals surface area contributed by atoms with Crippen molar-refractivity contribution in [2.24, 2.45) is 0 Å². The van der Waals surface area contributed by atoms with Crippen LogP contribution in [0, 0.1) is 17.0 Å². The van der Waals surface area contributed by atoms with Crippen LogP contribution in [0.4, 0.5) is 5.69 Å². The molecule has 0 saturated heterocycles. The highest BCUT2D eigenvalue weighted by Gasteiger charge is 2.19. The van der Waals surface area contributed by atoms with E-state index in [0.717, 1.165) is 9.58 Å². The highest BCUT2D eigenvalue weighted by molar-refractivity contribution is 7.19. The maximum Gasteiger partial charge on any atom is 0.319 e. The molecule has 1 N–H and O–H groups in total. The van der Waals surface area contributed by atoms with Gasteiger partial charge in [0.25, 0.3) is 0 Å². The number of hydrogen-bond acceptors (Lipinski definition) is 4. The Hall–Kier alpha value is -1.62. The molecule has 1 heterocycles. The predicted octanol–water partition coefficient (Wildman–Crippen LogP) is 2.82. The number of phenols is 1. The molecule has 0 fully saturated rings. The number of aromatic hydroxyl groups is 1. The van der Waals surface area contributed by atoms with Crippen LogP contribution in [-0.2, 0) is 0 Å². The van der Waals surface area contributed by atoms with E-state index in [0.29, 0.717) is 5.39 Å². The van der Waals surface area contributed by atoms with Gasteiger partial charge in [-0.1, -0.05) is 0 Å². The summed E-state index contributed by atoms with van der Waals surface area (Å²) in [6, 6.07) is 4.77. The van der Waals surface area contributed by atoms with E-state index < -0.39 is 4.92 Å². The summed E-state index contributed by atoms with van der Waals surface area (Å²) in [4.78, 5) is 11.1. The van der Waals surface area contributed by atoms with Gasteiger partial charge in [-0.3, -0.25) is 10.1 Å². The van der Waals surface area contributed by atoms with Crippen molar-refractivity contribution in [2.45, 2.75) is 6.92 Å². The van der Waals surface area contributed by atoms with Gasteiger partial charge in [0.15, 0.2) is 5.75 Å². The van der Waals surface area contributed by atoms with E-state index in [9.17, 15) is 15.2 Å². The molecule has 0 atom stereocenters. The van der Waals surface area contributed by atoms with Crippen LogP contribution in [0.15, 0.2) is 18.2 Å². The summed E-state index contributed by atoms with van der Waals surface area (Å²) in [5.41, 5.74) is -0.202. The van der Waals surface area contributed by atoms with E-state index >= 15 is 0 Å². The van der Waals surface area contributed by atoms with E-state index in [2.05, 4.69) is 0 Å². The summed E-state index contributed by atoms with van der Waals surface area (Å²) < 4.78 is 0.826. The minimum absolute atomic E-state index is 0.202. The molecule has 0 unspecified atom stereocenters. The van der Waals surface area contributed by atoms with Gasteiger partial charge in [-0.2, -0.15) is 0 Å². The molecule has 0 aliphatic carbocycles. The number of thiophene rings is 1. The first kappa shape index (κ1) is 8.96. The molecule has 14 heavy (non-hydrogen) atoms. The Labute approximate surface area is 83.6 Å². The second-order valence-corrected chi connectivity index (χ2v) is 4.25. The van der Waals surface area contributed by atoms with Gasteiger partial charge in [-0.15, -0.1) is 11.3 Å². The van der Waals surface area contributed by atoms with Crippen molar-refractivity contribution in [1.82, 2.24) is 0 Å². The SMILES string of the molecule is Cc1cc2c([N+](=O)[O-])c(O)ccc2s1. The smallest absolute Gasteiger partial charge is 0.319 e. The molecule has 1 aromatic heterocycles. The minimum Gasteiger partial charge on any atom is -0.502 e. The molecule has 0 saturated carbocycles. The standard InChI is InChI=1S/C9H7NO3S/c1-5-4-6-8(14-5)3-2-7(11)9(6)10(12)13/h2-4,11H,1H3. The lowest BCUT2D eigenvalue weighted by atomic mass is 10.2. The number of phenolic OH excluding ortho intramolecular Hbond substituents is 1. The van der Waals surface area contributed by atoms with E-state index in [4.69, 9.17) is 0 Å². The first-order valence-corrected chi connectivity index (χ1v) is 4.78. The summed E-state index contributed by atoms with van der Waals surface area (Å²) in [6.45, 7) is 1.88. The zero-order chi connectivity index (χ0) is 10.3. The number of benzene rings is 1. The van der Waals surface area contributed by atoms with E-state index in [1.54, 1.807) is 12.1 Å². The van der Waals surface area contributed by atoms with Crippen LogP contribution in [0.5, 0.6) is 5.75 Å². The third-order valence-corrected chi connectivity index (χ3v) is 2.97. The van der Waals surface area contributed by atoms with Crippen LogP contribution in [0.25, 0.3) is 10.1 Å². The van der Waals surface area contributed by atoms with E-state index in [1.807, 2.05) is 6.92 Å². The van der Waals surface area contributed by atoms with Gasteiger partial charge in [0.05, 0.1) is 10.3 Å². The van der Waals surface area contributed by atoms with Crippen molar-refractivity contribution in [1.29, 1.82) is 0 Å². The average Bonchev–Trinajstić information content (AvgIpc) is 2.43. The Kier molecular flexibility index (Phi) is 1.89. The fourth-order valence-corrected chi connectivity index (χ4v) is 2.33. The number of nitro groups is 1. The van der Waals surface area contributed by atoms with Gasteiger partial charge >= 0.3 is 5.69 Å². The number of fused-ring (bicyclic) bond motifs is 1. The third kappa shape index (κ3) is 1.22. The first-order chi connectivity index (χ1) is 6.59. The van der Waals surface area contributed by atoms with Crippen LogP contribution in [0.2, 0.25) is 0 Å². The van der Waals surface area contributed by atoms with Crippen molar-refractivity contribution in [3.05, 3.63) is 33.2 Å². The second-order valence-electron chi connectivity index (χ2n) is 2.96. The fourth-order valence-electron chi connectivity index (χ4n) is 1.40. The summed E-state index contributed by atoms with van der Waals surface area (Å²) in [6.07, 6.45) is 0. The molecule has 1 aromatic carbocycles. The molecule has 0 amide bonds. The highest BCUT2D eigenvalue weighted by Crippen LogP contribution is 2.38. The molecule has 0 spiro atoms. The van der Waals surface area contributed by atoms with Crippen LogP contribution >= 0.6 is 11.3 Å². The van der Waals surface area contributed by atoms with E-state index in [-0.39, 0.29) is 11.4 Å². The molecule has 0 radical (unpaired) electrons. The molecule has 72 valence electrons. The minimum atomic E-state index is -0.552. The molecule has 4 nitrogen and oxygen atoms in total. The summed E-state index contributed by atoms with van der Waals surface area (Å²) in [5.74, 6) is -0.277. The van der Waals surface area contributed by atoms with Gasteiger partial charge in [0, 0.05) is 9.58 Å². The topological polar surface area (TPSA) is 63.4 Å². The Bertz CT molecular complexity index is 518. The van der Waals surface area contributed by atoms with Crippen molar-refractivity contribution >= 4 is 27.1 Å². The molecular formula is C9H7NO3S. The van der Waals surface area contributed by atoms with Crippen LogP contribution in [0.3, 0.4) is 0 Å².